The summed E-state index contributed by atoms with van der Waals surface area (Å²) in [7, 11) is 0. The van der Waals surface area contributed by atoms with Gasteiger partial charge in [0.1, 0.15) is 11.6 Å². The number of hydrogen-bond donors (Lipinski definition) is 2. The Morgan fingerprint density at radius 2 is 2.17 bits per heavy atom. The van der Waals surface area contributed by atoms with Gasteiger partial charge in [-0.1, -0.05) is 31.1 Å². The van der Waals surface area contributed by atoms with Crippen LogP contribution in [0.1, 0.15) is 49.0 Å². The van der Waals surface area contributed by atoms with Crippen molar-refractivity contribution in [1.29, 1.82) is 0 Å². The lowest BCUT2D eigenvalue weighted by molar-refractivity contribution is -0.123. The predicted molar refractivity (Wildman–Crippen MR) is 83.1 cm³/mol. The molecule has 1 atom stereocenters. The lowest BCUT2D eigenvalue weighted by Crippen LogP contribution is -2.25. The van der Waals surface area contributed by atoms with Crippen LogP contribution in [0.4, 0.5) is 4.39 Å². The van der Waals surface area contributed by atoms with E-state index in [1.165, 1.54) is 18.2 Å². The second-order valence-corrected chi connectivity index (χ2v) is 5.29. The van der Waals surface area contributed by atoms with E-state index < -0.39 is 11.9 Å². The molecule has 124 valence electrons. The summed E-state index contributed by atoms with van der Waals surface area (Å²) in [5.41, 5.74) is 2.10. The molecule has 0 spiro atoms. The highest BCUT2D eigenvalue weighted by molar-refractivity contribution is 5.76. The van der Waals surface area contributed by atoms with Crippen molar-refractivity contribution in [3.05, 3.63) is 52.7 Å². The summed E-state index contributed by atoms with van der Waals surface area (Å²) in [6, 6.07) is 5.61. The number of aryl methyl sites for hydroxylation is 2. The third kappa shape index (κ3) is 4.39. The van der Waals surface area contributed by atoms with Crippen molar-refractivity contribution < 1.29 is 18.8 Å². The maximum atomic E-state index is 13.1. The average Bonchev–Trinajstić information content (AvgIpc) is 2.94. The zero-order valence-corrected chi connectivity index (χ0v) is 13.3. The van der Waals surface area contributed by atoms with Gasteiger partial charge in [-0.15, -0.1) is 0 Å². The molecule has 0 aliphatic heterocycles. The molecule has 2 rings (SSSR count). The fraction of sp³-hybridized carbons (Fsp3) is 0.412. The summed E-state index contributed by atoms with van der Waals surface area (Å²) in [6.07, 6.45) is 0.257. The van der Waals surface area contributed by atoms with E-state index in [0.29, 0.717) is 18.5 Å². The van der Waals surface area contributed by atoms with E-state index in [1.54, 1.807) is 6.07 Å². The van der Waals surface area contributed by atoms with Gasteiger partial charge in [0.25, 0.3) is 0 Å². The number of benzene rings is 1. The molecule has 1 amide bonds. The zero-order valence-electron chi connectivity index (χ0n) is 13.3. The first-order chi connectivity index (χ1) is 11.0. The molecular formula is C17H21FN2O3. The summed E-state index contributed by atoms with van der Waals surface area (Å²) >= 11 is 0. The Hall–Kier alpha value is -2.21. The number of nitrogens with one attached hydrogen (secondary N) is 1. The van der Waals surface area contributed by atoms with E-state index in [0.717, 1.165) is 23.4 Å². The van der Waals surface area contributed by atoms with Gasteiger partial charge in [-0.05, 0) is 24.1 Å². The van der Waals surface area contributed by atoms with Gasteiger partial charge in [-0.3, -0.25) is 4.79 Å². The van der Waals surface area contributed by atoms with E-state index in [1.807, 2.05) is 13.8 Å². The van der Waals surface area contributed by atoms with Crippen LogP contribution in [-0.2, 0) is 24.2 Å². The molecule has 0 aliphatic carbocycles. The van der Waals surface area contributed by atoms with E-state index in [4.69, 9.17) is 4.52 Å². The van der Waals surface area contributed by atoms with Gasteiger partial charge in [-0.25, -0.2) is 4.39 Å². The van der Waals surface area contributed by atoms with Gasteiger partial charge in [0.15, 0.2) is 0 Å². The van der Waals surface area contributed by atoms with Crippen LogP contribution in [0.2, 0.25) is 0 Å². The number of halogens is 1. The molecule has 1 heterocycles. The van der Waals surface area contributed by atoms with Gasteiger partial charge in [0.05, 0.1) is 18.2 Å². The highest BCUT2D eigenvalue weighted by atomic mass is 19.1. The minimum absolute atomic E-state index is 0.127. The maximum Gasteiger partial charge on any atom is 0.223 e. The third-order valence-electron chi connectivity index (χ3n) is 3.68. The van der Waals surface area contributed by atoms with Crippen molar-refractivity contribution in [3.63, 3.8) is 0 Å². The van der Waals surface area contributed by atoms with Gasteiger partial charge in [0, 0.05) is 18.5 Å². The number of rotatable bonds is 7. The minimum Gasteiger partial charge on any atom is -0.388 e. The van der Waals surface area contributed by atoms with E-state index >= 15 is 0 Å². The zero-order chi connectivity index (χ0) is 16.8. The van der Waals surface area contributed by atoms with E-state index in [-0.39, 0.29) is 12.3 Å². The lowest BCUT2D eigenvalue weighted by atomic mass is 10.1. The molecule has 0 saturated carbocycles. The van der Waals surface area contributed by atoms with Crippen molar-refractivity contribution in [2.24, 2.45) is 0 Å². The highest BCUT2D eigenvalue weighted by Crippen LogP contribution is 2.18. The first-order valence-corrected chi connectivity index (χ1v) is 7.71. The molecule has 0 bridgehead atoms. The lowest BCUT2D eigenvalue weighted by Gasteiger charge is -2.11. The van der Waals surface area contributed by atoms with Crippen LogP contribution >= 0.6 is 0 Å². The Balaban J connectivity index is 1.94. The van der Waals surface area contributed by atoms with Crippen LogP contribution < -0.4 is 5.32 Å². The average molecular weight is 320 g/mol. The smallest absolute Gasteiger partial charge is 0.223 e. The fourth-order valence-electron chi connectivity index (χ4n) is 2.40. The largest absolute Gasteiger partial charge is 0.388 e. The Bertz CT molecular complexity index is 648. The monoisotopic (exact) mass is 320 g/mol. The van der Waals surface area contributed by atoms with Crippen LogP contribution in [0.3, 0.4) is 0 Å². The SMILES string of the molecule is CCc1noc(CC)c1CNC(=O)CC(O)c1cccc(F)c1. The highest BCUT2D eigenvalue weighted by Gasteiger charge is 2.17. The Labute approximate surface area is 134 Å². The van der Waals surface area contributed by atoms with Crippen molar-refractivity contribution >= 4 is 5.91 Å². The van der Waals surface area contributed by atoms with Crippen molar-refractivity contribution in [3.8, 4) is 0 Å². The van der Waals surface area contributed by atoms with Crippen LogP contribution in [0.5, 0.6) is 0 Å². The van der Waals surface area contributed by atoms with Crippen molar-refractivity contribution in [1.82, 2.24) is 10.5 Å². The number of aliphatic hydroxyl groups is 1. The minimum atomic E-state index is -1.04. The molecule has 23 heavy (non-hydrogen) atoms. The van der Waals surface area contributed by atoms with Crippen molar-refractivity contribution in [2.45, 2.75) is 45.8 Å². The molecule has 1 aromatic carbocycles. The molecular weight excluding hydrogens is 299 g/mol. The van der Waals surface area contributed by atoms with Crippen LogP contribution in [0, 0.1) is 5.82 Å². The van der Waals surface area contributed by atoms with Crippen LogP contribution in [-0.4, -0.2) is 16.2 Å². The molecule has 0 fully saturated rings. The Morgan fingerprint density at radius 3 is 2.83 bits per heavy atom. The quantitative estimate of drug-likeness (QED) is 0.822. The fourth-order valence-corrected chi connectivity index (χ4v) is 2.40. The number of hydrogen-bond acceptors (Lipinski definition) is 4. The molecule has 2 N–H and O–H groups in total. The standard InChI is InChI=1S/C17H21FN2O3/c1-3-14-13(16(4-2)23-20-14)10-19-17(22)9-15(21)11-6-5-7-12(18)8-11/h5-8,15,21H,3-4,9-10H2,1-2H3,(H,19,22). The first kappa shape index (κ1) is 17.1. The first-order valence-electron chi connectivity index (χ1n) is 7.71. The number of amides is 1. The normalized spacial score (nSPS) is 12.2. The maximum absolute atomic E-state index is 13.1. The molecule has 1 unspecified atom stereocenters. The summed E-state index contributed by atoms with van der Waals surface area (Å²) in [6.45, 7) is 4.24. The van der Waals surface area contributed by atoms with Crippen molar-refractivity contribution in [2.75, 3.05) is 0 Å². The van der Waals surface area contributed by atoms with Crippen LogP contribution in [0.25, 0.3) is 0 Å². The number of carbonyl (C=O) groups excluding carboxylic acids is 1. The summed E-state index contributed by atoms with van der Waals surface area (Å²) < 4.78 is 18.4. The number of nitrogens with zero attached hydrogens (tertiary/aromatic N) is 1. The van der Waals surface area contributed by atoms with E-state index in [9.17, 15) is 14.3 Å². The van der Waals surface area contributed by atoms with Gasteiger partial charge < -0.3 is 14.9 Å². The third-order valence-corrected chi connectivity index (χ3v) is 3.68. The van der Waals surface area contributed by atoms with Crippen LogP contribution in [0.15, 0.2) is 28.8 Å². The summed E-state index contributed by atoms with van der Waals surface area (Å²) in [5.74, 6) is 0.00602. The van der Waals surface area contributed by atoms with Gasteiger partial charge >= 0.3 is 0 Å². The Kier molecular flexibility index (Phi) is 5.87. The summed E-state index contributed by atoms with van der Waals surface area (Å²) in [5, 5.41) is 16.8. The number of aromatic nitrogens is 1. The molecule has 0 radical (unpaired) electrons. The van der Waals surface area contributed by atoms with Gasteiger partial charge in [-0.2, -0.15) is 0 Å². The molecule has 0 aliphatic rings. The molecule has 5 nitrogen and oxygen atoms in total. The second-order valence-electron chi connectivity index (χ2n) is 5.29. The Morgan fingerprint density at radius 1 is 1.39 bits per heavy atom. The molecule has 6 heteroatoms. The molecule has 1 aromatic heterocycles. The molecule has 2 aromatic rings. The summed E-state index contributed by atoms with van der Waals surface area (Å²) in [4.78, 5) is 12.0. The number of carbonyl (C=O) groups is 1. The second kappa shape index (κ2) is 7.87. The molecule has 0 saturated heterocycles. The topological polar surface area (TPSA) is 75.4 Å². The number of aliphatic hydroxyl groups excluding tert-OH is 1. The van der Waals surface area contributed by atoms with E-state index in [2.05, 4.69) is 10.5 Å². The van der Waals surface area contributed by atoms with Gasteiger partial charge in [0.2, 0.25) is 5.91 Å². The predicted octanol–water partition coefficient (Wildman–Crippen LogP) is 2.68.